The van der Waals surface area contributed by atoms with Crippen LogP contribution in [0.3, 0.4) is 0 Å². The first kappa shape index (κ1) is 18.5. The molecule has 2 amide bonds. The maximum atomic E-state index is 12.8. The van der Waals surface area contributed by atoms with Crippen LogP contribution in [0.2, 0.25) is 0 Å². The standard InChI is InChI=1S/C20H30N2O2/c1-16(14-18-10-6-3-7-11-18)20(24)22(15-19(21)23)13-12-17-8-4-2-5-9-17/h3,6-7,10-11,16-17H,2,4-5,8-9,12-15H2,1H3,(H2,21,23). The average molecular weight is 330 g/mol. The maximum absolute atomic E-state index is 12.8. The van der Waals surface area contributed by atoms with E-state index in [2.05, 4.69) is 0 Å². The minimum Gasteiger partial charge on any atom is -0.368 e. The Labute approximate surface area is 145 Å². The quantitative estimate of drug-likeness (QED) is 0.796. The number of amides is 2. The number of rotatable bonds is 8. The first-order valence-corrected chi connectivity index (χ1v) is 9.17. The third-order valence-corrected chi connectivity index (χ3v) is 5.00. The summed E-state index contributed by atoms with van der Waals surface area (Å²) in [6, 6.07) is 10.0. The molecule has 1 aliphatic carbocycles. The molecule has 1 aromatic carbocycles. The van der Waals surface area contributed by atoms with Crippen LogP contribution in [0.4, 0.5) is 0 Å². The van der Waals surface area contributed by atoms with Crippen molar-refractivity contribution in [1.29, 1.82) is 0 Å². The second-order valence-electron chi connectivity index (χ2n) is 7.11. The molecule has 1 atom stereocenters. The van der Waals surface area contributed by atoms with Crippen molar-refractivity contribution in [2.75, 3.05) is 13.1 Å². The number of benzene rings is 1. The van der Waals surface area contributed by atoms with Crippen LogP contribution >= 0.6 is 0 Å². The Morgan fingerprint density at radius 1 is 1.17 bits per heavy atom. The molecule has 1 aliphatic rings. The molecule has 0 radical (unpaired) electrons. The van der Waals surface area contributed by atoms with Gasteiger partial charge in [0.15, 0.2) is 0 Å². The molecule has 0 spiro atoms. The van der Waals surface area contributed by atoms with Crippen LogP contribution < -0.4 is 5.73 Å². The summed E-state index contributed by atoms with van der Waals surface area (Å²) in [6.07, 6.45) is 8.08. The van der Waals surface area contributed by atoms with Crippen molar-refractivity contribution < 1.29 is 9.59 Å². The van der Waals surface area contributed by atoms with Gasteiger partial charge >= 0.3 is 0 Å². The Kier molecular flexibility index (Phi) is 7.29. The summed E-state index contributed by atoms with van der Waals surface area (Å²) in [5, 5.41) is 0. The van der Waals surface area contributed by atoms with Crippen LogP contribution in [-0.4, -0.2) is 29.8 Å². The van der Waals surface area contributed by atoms with Gasteiger partial charge in [-0.2, -0.15) is 0 Å². The molecule has 4 heteroatoms. The van der Waals surface area contributed by atoms with Gasteiger partial charge in [-0.05, 0) is 24.3 Å². The Bertz CT molecular complexity index is 524. The zero-order valence-corrected chi connectivity index (χ0v) is 14.7. The second kappa shape index (κ2) is 9.45. The van der Waals surface area contributed by atoms with E-state index in [0.29, 0.717) is 18.9 Å². The van der Waals surface area contributed by atoms with E-state index in [-0.39, 0.29) is 18.4 Å². The molecule has 0 bridgehead atoms. The smallest absolute Gasteiger partial charge is 0.237 e. The van der Waals surface area contributed by atoms with Gasteiger partial charge in [-0.3, -0.25) is 9.59 Å². The predicted octanol–water partition coefficient (Wildman–Crippen LogP) is 3.15. The monoisotopic (exact) mass is 330 g/mol. The molecule has 0 heterocycles. The number of primary amides is 1. The number of nitrogens with zero attached hydrogens (tertiary/aromatic N) is 1. The van der Waals surface area contributed by atoms with E-state index in [1.165, 1.54) is 32.1 Å². The lowest BCUT2D eigenvalue weighted by atomic mass is 9.87. The molecule has 2 rings (SSSR count). The van der Waals surface area contributed by atoms with Crippen LogP contribution in [0, 0.1) is 11.8 Å². The Morgan fingerprint density at radius 3 is 2.46 bits per heavy atom. The molecular weight excluding hydrogens is 300 g/mol. The van der Waals surface area contributed by atoms with E-state index in [1.54, 1.807) is 4.90 Å². The van der Waals surface area contributed by atoms with E-state index in [9.17, 15) is 9.59 Å². The lowest BCUT2D eigenvalue weighted by Gasteiger charge is -2.28. The summed E-state index contributed by atoms with van der Waals surface area (Å²) in [5.41, 5.74) is 6.50. The third-order valence-electron chi connectivity index (χ3n) is 5.00. The molecular formula is C20H30N2O2. The Hall–Kier alpha value is -1.84. The van der Waals surface area contributed by atoms with Crippen LogP contribution in [0.15, 0.2) is 30.3 Å². The van der Waals surface area contributed by atoms with Crippen molar-refractivity contribution in [1.82, 2.24) is 4.90 Å². The molecule has 4 nitrogen and oxygen atoms in total. The van der Waals surface area contributed by atoms with Gasteiger partial charge in [0.2, 0.25) is 11.8 Å². The van der Waals surface area contributed by atoms with Crippen molar-refractivity contribution in [3.63, 3.8) is 0 Å². The van der Waals surface area contributed by atoms with E-state index in [4.69, 9.17) is 5.73 Å². The molecule has 0 aliphatic heterocycles. The molecule has 0 aromatic heterocycles. The van der Waals surface area contributed by atoms with Crippen LogP contribution in [-0.2, 0) is 16.0 Å². The first-order chi connectivity index (χ1) is 11.6. The number of carbonyl (C=O) groups is 2. The van der Waals surface area contributed by atoms with E-state index in [0.717, 1.165) is 12.0 Å². The van der Waals surface area contributed by atoms with Crippen molar-refractivity contribution in [3.05, 3.63) is 35.9 Å². The summed E-state index contributed by atoms with van der Waals surface area (Å²) in [5.74, 6) is 0.150. The molecule has 1 unspecified atom stereocenters. The third kappa shape index (κ3) is 5.99. The highest BCUT2D eigenvalue weighted by molar-refractivity contribution is 5.85. The van der Waals surface area contributed by atoms with E-state index >= 15 is 0 Å². The normalized spacial score (nSPS) is 16.5. The predicted molar refractivity (Wildman–Crippen MR) is 96.3 cm³/mol. The Morgan fingerprint density at radius 2 is 1.83 bits per heavy atom. The van der Waals surface area contributed by atoms with Gasteiger partial charge in [-0.25, -0.2) is 0 Å². The first-order valence-electron chi connectivity index (χ1n) is 9.17. The van der Waals surface area contributed by atoms with Crippen LogP contribution in [0.25, 0.3) is 0 Å². The zero-order chi connectivity index (χ0) is 17.4. The van der Waals surface area contributed by atoms with Gasteiger partial charge < -0.3 is 10.6 Å². The fourth-order valence-electron chi connectivity index (χ4n) is 3.64. The minimum atomic E-state index is -0.432. The van der Waals surface area contributed by atoms with Crippen LogP contribution in [0.1, 0.15) is 51.0 Å². The van der Waals surface area contributed by atoms with Crippen LogP contribution in [0.5, 0.6) is 0 Å². The minimum absolute atomic E-state index is 0.0324. The lowest BCUT2D eigenvalue weighted by Crippen LogP contribution is -2.42. The average Bonchev–Trinajstić information content (AvgIpc) is 2.59. The van der Waals surface area contributed by atoms with Gasteiger partial charge in [0.05, 0.1) is 6.54 Å². The fraction of sp³-hybridized carbons (Fsp3) is 0.600. The zero-order valence-electron chi connectivity index (χ0n) is 14.7. The molecule has 132 valence electrons. The Balaban J connectivity index is 1.91. The number of nitrogens with two attached hydrogens (primary N) is 1. The largest absolute Gasteiger partial charge is 0.368 e. The fourth-order valence-corrected chi connectivity index (χ4v) is 3.64. The molecule has 1 aromatic rings. The number of carbonyl (C=O) groups excluding carboxylic acids is 2. The van der Waals surface area contributed by atoms with Crippen molar-refractivity contribution in [2.24, 2.45) is 17.6 Å². The van der Waals surface area contributed by atoms with Gasteiger partial charge in [0.25, 0.3) is 0 Å². The van der Waals surface area contributed by atoms with Gasteiger partial charge in [-0.1, -0.05) is 69.4 Å². The van der Waals surface area contributed by atoms with Gasteiger partial charge in [0, 0.05) is 12.5 Å². The topological polar surface area (TPSA) is 63.4 Å². The molecule has 1 saturated carbocycles. The number of hydrogen-bond acceptors (Lipinski definition) is 2. The summed E-state index contributed by atoms with van der Waals surface area (Å²) >= 11 is 0. The second-order valence-corrected chi connectivity index (χ2v) is 7.11. The van der Waals surface area contributed by atoms with Crippen molar-refractivity contribution in [2.45, 2.75) is 51.9 Å². The van der Waals surface area contributed by atoms with Crippen molar-refractivity contribution in [3.8, 4) is 0 Å². The highest BCUT2D eigenvalue weighted by Gasteiger charge is 2.23. The number of hydrogen-bond donors (Lipinski definition) is 1. The van der Waals surface area contributed by atoms with Crippen molar-refractivity contribution >= 4 is 11.8 Å². The summed E-state index contributed by atoms with van der Waals surface area (Å²) in [7, 11) is 0. The van der Waals surface area contributed by atoms with E-state index in [1.807, 2.05) is 37.3 Å². The summed E-state index contributed by atoms with van der Waals surface area (Å²) in [6.45, 7) is 2.61. The van der Waals surface area contributed by atoms with Gasteiger partial charge in [0.1, 0.15) is 0 Å². The lowest BCUT2D eigenvalue weighted by molar-refractivity contribution is -0.138. The molecule has 1 fully saturated rings. The van der Waals surface area contributed by atoms with E-state index < -0.39 is 5.91 Å². The molecule has 24 heavy (non-hydrogen) atoms. The molecule has 0 saturated heterocycles. The molecule has 2 N–H and O–H groups in total. The summed E-state index contributed by atoms with van der Waals surface area (Å²) in [4.78, 5) is 25.8. The SMILES string of the molecule is CC(Cc1ccccc1)C(=O)N(CCC1CCCCC1)CC(N)=O. The highest BCUT2D eigenvalue weighted by atomic mass is 16.2. The summed E-state index contributed by atoms with van der Waals surface area (Å²) < 4.78 is 0. The maximum Gasteiger partial charge on any atom is 0.237 e. The van der Waals surface area contributed by atoms with Gasteiger partial charge in [-0.15, -0.1) is 0 Å². The highest BCUT2D eigenvalue weighted by Crippen LogP contribution is 2.26.